The maximum Gasteiger partial charge on any atom is 0.323 e. The van der Waals surface area contributed by atoms with Crippen LogP contribution in [0.5, 0.6) is 0 Å². The first-order chi connectivity index (χ1) is 16.6. The molecule has 1 aromatic heterocycles. The number of hydrogen-bond acceptors (Lipinski definition) is 7. The van der Waals surface area contributed by atoms with Crippen molar-refractivity contribution in [2.45, 2.75) is 51.4 Å². The van der Waals surface area contributed by atoms with Crippen molar-refractivity contribution in [1.82, 2.24) is 14.9 Å². The molecule has 0 spiro atoms. The Morgan fingerprint density at radius 2 is 1.80 bits per heavy atom. The maximum atomic E-state index is 13.5. The van der Waals surface area contributed by atoms with Gasteiger partial charge in [0, 0.05) is 25.0 Å². The van der Waals surface area contributed by atoms with E-state index in [9.17, 15) is 22.4 Å². The number of halogens is 4. The fourth-order valence-corrected chi connectivity index (χ4v) is 4.52. The number of ether oxygens (including phenoxy) is 1. The van der Waals surface area contributed by atoms with Crippen LogP contribution >= 0.6 is 0 Å². The van der Waals surface area contributed by atoms with Gasteiger partial charge >= 0.3 is 11.8 Å². The molecule has 7 nitrogen and oxygen atoms in total. The van der Waals surface area contributed by atoms with Crippen LogP contribution in [0.15, 0.2) is 36.5 Å². The fraction of sp³-hybridized carbons (Fsp3) is 0.542. The lowest BCUT2D eigenvalue weighted by atomic mass is 10.0. The van der Waals surface area contributed by atoms with Crippen LogP contribution in [0.2, 0.25) is 0 Å². The van der Waals surface area contributed by atoms with Crippen LogP contribution in [0.3, 0.4) is 0 Å². The highest BCUT2D eigenvalue weighted by atomic mass is 19.3. The third kappa shape index (κ3) is 4.97. The summed E-state index contributed by atoms with van der Waals surface area (Å²) in [6.07, 6.45) is 1.66. The van der Waals surface area contributed by atoms with Gasteiger partial charge in [-0.2, -0.15) is 22.5 Å². The summed E-state index contributed by atoms with van der Waals surface area (Å²) in [7, 11) is 0. The van der Waals surface area contributed by atoms with Gasteiger partial charge in [0.05, 0.1) is 25.7 Å². The van der Waals surface area contributed by atoms with Crippen LogP contribution in [0, 0.1) is 5.92 Å². The monoisotopic (exact) mass is 495 g/mol. The predicted molar refractivity (Wildman–Crippen MR) is 123 cm³/mol. The van der Waals surface area contributed by atoms with E-state index in [1.54, 1.807) is 36.5 Å². The van der Waals surface area contributed by atoms with Crippen LogP contribution < -0.4 is 9.80 Å². The zero-order valence-corrected chi connectivity index (χ0v) is 19.9. The first-order valence-electron chi connectivity index (χ1n) is 11.6. The molecule has 0 saturated carbocycles. The Bertz CT molecular complexity index is 1020. The Labute approximate surface area is 201 Å². The summed E-state index contributed by atoms with van der Waals surface area (Å²) in [5.74, 6) is -6.80. The summed E-state index contributed by atoms with van der Waals surface area (Å²) in [5, 5.41) is 0. The number of hydrogen-bond donors (Lipinski definition) is 0. The number of carbonyl (C=O) groups is 1. The molecule has 0 aliphatic carbocycles. The van der Waals surface area contributed by atoms with Crippen molar-refractivity contribution in [2.24, 2.45) is 5.92 Å². The number of carbonyl (C=O) groups excluding carboxylic acids is 1. The van der Waals surface area contributed by atoms with Crippen LogP contribution in [0.25, 0.3) is 0 Å². The third-order valence-electron chi connectivity index (χ3n) is 6.44. The molecule has 0 bridgehead atoms. The van der Waals surface area contributed by atoms with Crippen LogP contribution in [-0.2, 0) is 16.1 Å². The summed E-state index contributed by atoms with van der Waals surface area (Å²) in [6, 6.07) is 8.75. The van der Waals surface area contributed by atoms with E-state index in [1.165, 1.54) is 0 Å². The number of alkyl halides is 4. The van der Waals surface area contributed by atoms with Gasteiger partial charge in [0.25, 0.3) is 0 Å². The second kappa shape index (κ2) is 9.69. The van der Waals surface area contributed by atoms with E-state index in [-0.39, 0.29) is 18.5 Å². The average Bonchev–Trinajstić information content (AvgIpc) is 3.33. The Morgan fingerprint density at radius 3 is 2.37 bits per heavy atom. The fourth-order valence-electron chi connectivity index (χ4n) is 4.52. The molecule has 2 aliphatic rings. The van der Waals surface area contributed by atoms with Gasteiger partial charge in [0.15, 0.2) is 12.5 Å². The lowest BCUT2D eigenvalue weighted by molar-refractivity contribution is -0.172. The highest BCUT2D eigenvalue weighted by Gasteiger charge is 2.62. The van der Waals surface area contributed by atoms with Gasteiger partial charge < -0.3 is 14.5 Å². The SMILES string of the molecule is CCN(c1ccc(CN2CC(F)(F)C(F)(F)C2)cc1)c1nccc(N2C(C=O)OCC2C(C)C)n1. The standard InChI is InChI=1S/C24H29F4N5O2/c1-4-32(18-7-5-17(6-8-18)11-31-14-23(25,26)24(27,28)15-31)22-29-10-9-20(30-22)33-19(16(2)3)13-35-21(33)12-34/h5-10,12,16,19,21H,4,11,13-15H2,1-3H3. The lowest BCUT2D eigenvalue weighted by Crippen LogP contribution is -2.41. The first kappa shape index (κ1) is 25.3. The molecule has 3 heterocycles. The molecule has 2 atom stereocenters. The number of benzene rings is 1. The minimum absolute atomic E-state index is 0.00219. The number of aromatic nitrogens is 2. The number of likely N-dealkylation sites (tertiary alicyclic amines) is 1. The Morgan fingerprint density at radius 1 is 1.14 bits per heavy atom. The Kier molecular flexibility index (Phi) is 7.01. The van der Waals surface area contributed by atoms with E-state index in [1.807, 2.05) is 16.7 Å². The van der Waals surface area contributed by atoms with E-state index >= 15 is 0 Å². The second-order valence-corrected chi connectivity index (χ2v) is 9.26. The molecular formula is C24H29F4N5O2. The van der Waals surface area contributed by atoms with Crippen LogP contribution in [0.4, 0.5) is 35.0 Å². The van der Waals surface area contributed by atoms with E-state index in [0.717, 1.165) is 16.9 Å². The molecule has 0 radical (unpaired) electrons. The molecule has 2 aliphatic heterocycles. The minimum Gasteiger partial charge on any atom is -0.349 e. The van der Waals surface area contributed by atoms with Crippen molar-refractivity contribution < 1.29 is 27.1 Å². The summed E-state index contributed by atoms with van der Waals surface area (Å²) < 4.78 is 59.6. The normalized spacial score (nSPS) is 23.7. The van der Waals surface area contributed by atoms with E-state index < -0.39 is 31.2 Å². The molecule has 4 rings (SSSR count). The molecule has 2 saturated heterocycles. The smallest absolute Gasteiger partial charge is 0.323 e. The topological polar surface area (TPSA) is 61.8 Å². The third-order valence-corrected chi connectivity index (χ3v) is 6.44. The molecular weight excluding hydrogens is 466 g/mol. The molecule has 11 heteroatoms. The predicted octanol–water partition coefficient (Wildman–Crippen LogP) is 4.11. The van der Waals surface area contributed by atoms with Gasteiger partial charge in [-0.25, -0.2) is 4.98 Å². The molecule has 2 fully saturated rings. The molecule has 2 unspecified atom stereocenters. The molecule has 190 valence electrons. The van der Waals surface area contributed by atoms with Crippen LogP contribution in [0.1, 0.15) is 26.3 Å². The lowest BCUT2D eigenvalue weighted by Gasteiger charge is -2.30. The molecule has 0 N–H and O–H groups in total. The van der Waals surface area contributed by atoms with Gasteiger partial charge in [-0.05, 0) is 36.6 Å². The van der Waals surface area contributed by atoms with Crippen molar-refractivity contribution in [3.63, 3.8) is 0 Å². The van der Waals surface area contributed by atoms with Gasteiger partial charge in [0.2, 0.25) is 5.95 Å². The van der Waals surface area contributed by atoms with Gasteiger partial charge in [-0.1, -0.05) is 26.0 Å². The summed E-state index contributed by atoms with van der Waals surface area (Å²) in [5.41, 5.74) is 1.41. The number of rotatable bonds is 8. The highest BCUT2D eigenvalue weighted by molar-refractivity contribution is 5.65. The van der Waals surface area contributed by atoms with Gasteiger partial charge in [0.1, 0.15) is 5.82 Å². The molecule has 2 aromatic rings. The van der Waals surface area contributed by atoms with Crippen LogP contribution in [-0.4, -0.2) is 71.5 Å². The van der Waals surface area contributed by atoms with E-state index in [4.69, 9.17) is 9.72 Å². The number of aldehydes is 1. The Balaban J connectivity index is 1.52. The molecule has 0 amide bonds. The van der Waals surface area contributed by atoms with Gasteiger partial charge in [-0.15, -0.1) is 0 Å². The minimum atomic E-state index is -4.02. The zero-order chi connectivity index (χ0) is 25.4. The summed E-state index contributed by atoms with van der Waals surface area (Å²) >= 11 is 0. The Hall–Kier alpha value is -2.79. The van der Waals surface area contributed by atoms with E-state index in [2.05, 4.69) is 18.8 Å². The first-order valence-corrected chi connectivity index (χ1v) is 11.6. The summed E-state index contributed by atoms with van der Waals surface area (Å²) in [4.78, 5) is 25.5. The van der Waals surface area contributed by atoms with Crippen molar-refractivity contribution >= 4 is 23.7 Å². The maximum absolute atomic E-state index is 13.5. The van der Waals surface area contributed by atoms with Crippen molar-refractivity contribution in [2.75, 3.05) is 36.0 Å². The van der Waals surface area contributed by atoms with Crippen molar-refractivity contribution in [1.29, 1.82) is 0 Å². The highest BCUT2D eigenvalue weighted by Crippen LogP contribution is 2.41. The van der Waals surface area contributed by atoms with E-state index in [0.29, 0.717) is 30.5 Å². The number of anilines is 3. The molecule has 1 aromatic carbocycles. The average molecular weight is 496 g/mol. The molecule has 35 heavy (non-hydrogen) atoms. The van der Waals surface area contributed by atoms with Crippen molar-refractivity contribution in [3.05, 3.63) is 42.1 Å². The quantitative estimate of drug-likeness (QED) is 0.404. The number of nitrogens with zero attached hydrogens (tertiary/aromatic N) is 5. The summed E-state index contributed by atoms with van der Waals surface area (Å²) in [6.45, 7) is 5.07. The second-order valence-electron chi connectivity index (χ2n) is 9.26. The van der Waals surface area contributed by atoms with Gasteiger partial charge in [-0.3, -0.25) is 9.69 Å². The van der Waals surface area contributed by atoms with Crippen molar-refractivity contribution in [3.8, 4) is 0 Å². The zero-order valence-electron chi connectivity index (χ0n) is 19.9. The largest absolute Gasteiger partial charge is 0.349 e.